The SMILES string of the molecule is CC1(C)c2ccccc2-c2ccc(-c3cccc(-c4ccc(-c5cc(-c6ccccc6)nc(-c6ccccc6)n5)cc4)c3)cc21.c1ccc(-c2cc(-c3cccc(-c4ccc5c6ccccc6c6ccccc6c5c4)c3)nc(-c3ccccc3)n2)cc1.c1ccc(-n2c3ccccc3c3cc(-c4cccc5c4c4ccccc4n5-c4nccc(-c5ccc6ccoc6c5)n4)ccc32)cc1. The normalized spacial score (nSPS) is 12.0. The molecule has 0 saturated heterocycles. The van der Waals surface area contributed by atoms with Crippen LogP contribution in [0.2, 0.25) is 0 Å². The number of rotatable bonds is 13. The molecule has 6 heterocycles. The lowest BCUT2D eigenvalue weighted by Crippen LogP contribution is -2.14. The molecule has 26 rings (SSSR count). The summed E-state index contributed by atoms with van der Waals surface area (Å²) >= 11 is 0. The Kier molecular flexibility index (Phi) is 20.1. The van der Waals surface area contributed by atoms with E-state index >= 15 is 0 Å². The highest BCUT2D eigenvalue weighted by molar-refractivity contribution is 6.26. The number of para-hydroxylation sites is 3. The van der Waals surface area contributed by atoms with Crippen molar-refractivity contribution < 1.29 is 4.42 Å². The number of furan rings is 1. The van der Waals surface area contributed by atoms with Crippen molar-refractivity contribution in [1.82, 2.24) is 39.0 Å². The van der Waals surface area contributed by atoms with Crippen molar-refractivity contribution in [2.45, 2.75) is 19.3 Å². The largest absolute Gasteiger partial charge is 0.464 e. The van der Waals surface area contributed by atoms with Gasteiger partial charge < -0.3 is 8.98 Å². The van der Waals surface area contributed by atoms with Crippen molar-refractivity contribution in [3.63, 3.8) is 0 Å². The molecule has 9 heteroatoms. The fourth-order valence-corrected chi connectivity index (χ4v) is 19.9. The lowest BCUT2D eigenvalue weighted by Gasteiger charge is -2.22. The van der Waals surface area contributed by atoms with Crippen LogP contribution in [0.1, 0.15) is 25.0 Å². The zero-order valence-electron chi connectivity index (χ0n) is 73.5. The Morgan fingerprint density at radius 2 is 0.634 bits per heavy atom. The maximum absolute atomic E-state index is 5.68. The fourth-order valence-electron chi connectivity index (χ4n) is 19.9. The Balaban J connectivity index is 0.000000111. The minimum Gasteiger partial charge on any atom is -0.464 e. The van der Waals surface area contributed by atoms with E-state index in [1.54, 1.807) is 6.26 Å². The van der Waals surface area contributed by atoms with E-state index in [0.29, 0.717) is 5.95 Å². The van der Waals surface area contributed by atoms with Crippen LogP contribution in [-0.2, 0) is 5.41 Å². The Labute approximate surface area is 775 Å². The molecule has 0 bridgehead atoms. The Morgan fingerprint density at radius 1 is 0.224 bits per heavy atom. The van der Waals surface area contributed by atoms with Gasteiger partial charge in [-0.25, -0.2) is 29.9 Å². The van der Waals surface area contributed by atoms with Crippen molar-refractivity contribution in [3.05, 3.63) is 485 Å². The number of aromatic nitrogens is 8. The van der Waals surface area contributed by atoms with Gasteiger partial charge in [0.25, 0.3) is 0 Å². The predicted octanol–water partition coefficient (Wildman–Crippen LogP) is 32.5. The molecule has 1 aliphatic carbocycles. The first kappa shape index (κ1) is 79.7. The number of benzene rings is 19. The molecule has 0 radical (unpaired) electrons. The molecule has 0 amide bonds. The van der Waals surface area contributed by atoms with E-state index in [2.05, 4.69) is 393 Å². The second kappa shape index (κ2) is 33.8. The topological polar surface area (TPSA) is 100 Å². The van der Waals surface area contributed by atoms with Gasteiger partial charge in [0.15, 0.2) is 11.6 Å². The van der Waals surface area contributed by atoms with Gasteiger partial charge in [-0.2, -0.15) is 0 Å². The molecule has 9 nitrogen and oxygen atoms in total. The number of hydrogen-bond donors (Lipinski definition) is 0. The molecule has 0 spiro atoms. The third-order valence-electron chi connectivity index (χ3n) is 26.5. The molecule has 0 fully saturated rings. The maximum Gasteiger partial charge on any atom is 0.235 e. The summed E-state index contributed by atoms with van der Waals surface area (Å²) in [6.45, 7) is 4.67. The van der Waals surface area contributed by atoms with Crippen LogP contribution < -0.4 is 0 Å². The van der Waals surface area contributed by atoms with Gasteiger partial charge in [-0.3, -0.25) is 4.57 Å². The van der Waals surface area contributed by atoms with Gasteiger partial charge in [-0.1, -0.05) is 378 Å². The highest BCUT2D eigenvalue weighted by Gasteiger charge is 2.35. The van der Waals surface area contributed by atoms with E-state index in [-0.39, 0.29) is 5.41 Å². The Hall–Kier alpha value is -17.7. The molecule has 0 aliphatic heterocycles. The minimum absolute atomic E-state index is 0.0167. The summed E-state index contributed by atoms with van der Waals surface area (Å²) in [4.78, 5) is 29.8. The molecule has 25 aromatic rings. The first-order chi connectivity index (χ1) is 66.2. The third-order valence-corrected chi connectivity index (χ3v) is 26.5. The van der Waals surface area contributed by atoms with Crippen LogP contribution in [0.5, 0.6) is 0 Å². The van der Waals surface area contributed by atoms with Crippen LogP contribution in [0.3, 0.4) is 0 Å². The zero-order chi connectivity index (χ0) is 89.2. The molecular weight excluding hydrogens is 1630 g/mol. The average Bonchev–Trinajstić information content (AvgIpc) is 1.53. The molecule has 0 atom stereocenters. The summed E-state index contributed by atoms with van der Waals surface area (Å²) in [7, 11) is 0. The van der Waals surface area contributed by atoms with Gasteiger partial charge in [-0.05, 0) is 196 Å². The Bertz CT molecular complexity index is 8680. The lowest BCUT2D eigenvalue weighted by atomic mass is 9.81. The van der Waals surface area contributed by atoms with Gasteiger partial charge in [0.05, 0.1) is 56.8 Å². The quantitative estimate of drug-likeness (QED) is 0.106. The van der Waals surface area contributed by atoms with Crippen LogP contribution in [0, 0.1) is 0 Å². The molecule has 19 aromatic carbocycles. The van der Waals surface area contributed by atoms with E-state index in [1.165, 1.54) is 121 Å². The van der Waals surface area contributed by atoms with E-state index in [0.717, 1.165) is 118 Å². The number of fused-ring (bicyclic) bond motifs is 16. The van der Waals surface area contributed by atoms with Crippen molar-refractivity contribution >= 4 is 86.9 Å². The van der Waals surface area contributed by atoms with Crippen LogP contribution >= 0.6 is 0 Å². The number of nitrogens with zero attached hydrogens (tertiary/aromatic N) is 8. The van der Waals surface area contributed by atoms with Gasteiger partial charge in [-0.15, -0.1) is 0 Å². The zero-order valence-corrected chi connectivity index (χ0v) is 73.5. The summed E-state index contributed by atoms with van der Waals surface area (Å²) in [6.07, 6.45) is 3.56. The fraction of sp³-hybridized carbons (Fsp3) is 0.0240. The van der Waals surface area contributed by atoms with Crippen LogP contribution in [0.15, 0.2) is 478 Å². The third kappa shape index (κ3) is 14.6. The van der Waals surface area contributed by atoms with E-state index < -0.39 is 0 Å². The predicted molar refractivity (Wildman–Crippen MR) is 554 cm³/mol. The minimum atomic E-state index is -0.0167. The highest BCUT2D eigenvalue weighted by atomic mass is 16.3. The first-order valence-electron chi connectivity index (χ1n) is 45.5. The molecule has 630 valence electrons. The van der Waals surface area contributed by atoms with Gasteiger partial charge in [0.1, 0.15) is 5.58 Å². The summed E-state index contributed by atoms with van der Waals surface area (Å²) < 4.78 is 10.2. The highest BCUT2D eigenvalue weighted by Crippen LogP contribution is 2.51. The average molecular weight is 1710 g/mol. The Morgan fingerprint density at radius 3 is 1.28 bits per heavy atom. The second-order valence-corrected chi connectivity index (χ2v) is 34.8. The maximum atomic E-state index is 5.68. The summed E-state index contributed by atoms with van der Waals surface area (Å²) in [5.41, 5.74) is 33.3. The van der Waals surface area contributed by atoms with E-state index in [4.69, 9.17) is 34.3 Å². The molecule has 0 saturated carbocycles. The van der Waals surface area contributed by atoms with Crippen LogP contribution in [-0.4, -0.2) is 39.0 Å². The van der Waals surface area contributed by atoms with Crippen molar-refractivity contribution in [3.8, 4) is 146 Å². The molecular formula is C125H84N8O. The summed E-state index contributed by atoms with van der Waals surface area (Å²) in [5, 5.41) is 13.6. The molecule has 6 aromatic heterocycles. The summed E-state index contributed by atoms with van der Waals surface area (Å²) in [6, 6.07) is 163. The van der Waals surface area contributed by atoms with E-state index in [1.807, 2.05) is 97.2 Å². The van der Waals surface area contributed by atoms with Crippen LogP contribution in [0.25, 0.3) is 233 Å². The van der Waals surface area contributed by atoms with Crippen molar-refractivity contribution in [1.29, 1.82) is 0 Å². The summed E-state index contributed by atoms with van der Waals surface area (Å²) in [5.74, 6) is 2.08. The van der Waals surface area contributed by atoms with Gasteiger partial charge in [0.2, 0.25) is 5.95 Å². The standard InChI is InChI=1S/C43H32N2.C42H26N4O.C40H26N2/c1-43(2)38-19-10-9-18-36(38)37-25-24-35(27-39(37)43)34-17-11-16-33(26-34)29-20-22-31(23-21-29)41-28-40(30-12-5-3-6-13-30)44-42(45-41)32-14-7-4-8-15-32;1-2-9-30(10-3-1)45-36-14-6-4-11-32(36)34-25-28(19-20-38(34)45)31-13-8-16-39-41(31)33-12-5-7-15-37(33)46(39)42-43-23-21-35(44-42)29-18-17-27-22-24-47-40(27)26-29;1-3-12-27(13-4-1)38-26-39(42-40(41-38)28-14-5-2-6-15-28)31-17-11-16-29(24-31)30-22-23-36-34-20-8-7-18-32(34)33-19-9-10-21-35(33)37(36)25-30/h3-28H,1-2H3;1-26H;1-26H. The van der Waals surface area contributed by atoms with Crippen molar-refractivity contribution in [2.75, 3.05) is 0 Å². The lowest BCUT2D eigenvalue weighted by molar-refractivity contribution is 0.616. The number of hydrogen-bond acceptors (Lipinski definition) is 7. The van der Waals surface area contributed by atoms with Gasteiger partial charge in [0, 0.05) is 83.2 Å². The van der Waals surface area contributed by atoms with Crippen molar-refractivity contribution in [2.24, 2.45) is 0 Å². The molecule has 1 aliphatic rings. The van der Waals surface area contributed by atoms with E-state index in [9.17, 15) is 0 Å². The molecule has 0 N–H and O–H groups in total. The smallest absolute Gasteiger partial charge is 0.235 e. The monoisotopic (exact) mass is 1710 g/mol. The van der Waals surface area contributed by atoms with Crippen LogP contribution in [0.4, 0.5) is 0 Å². The molecule has 134 heavy (non-hydrogen) atoms. The molecule has 0 unspecified atom stereocenters. The second-order valence-electron chi connectivity index (χ2n) is 34.8. The first-order valence-corrected chi connectivity index (χ1v) is 45.5. The van der Waals surface area contributed by atoms with Gasteiger partial charge >= 0.3 is 0 Å².